The van der Waals surface area contributed by atoms with Crippen molar-refractivity contribution in [2.24, 2.45) is 0 Å². The Morgan fingerprint density at radius 1 is 0.767 bits per heavy atom. The molecule has 0 saturated heterocycles. The molecule has 2 nitrogen and oxygen atoms in total. The molecular formula is C28H19NO. The molecule has 0 atom stereocenters. The zero-order valence-corrected chi connectivity index (χ0v) is 16.4. The number of benzene rings is 4. The normalized spacial score (nSPS) is 12.5. The number of para-hydroxylation sites is 1. The summed E-state index contributed by atoms with van der Waals surface area (Å²) in [6, 6.07) is 23.5. The van der Waals surface area contributed by atoms with E-state index in [4.69, 9.17) is 4.42 Å². The van der Waals surface area contributed by atoms with Crippen molar-refractivity contribution in [3.63, 3.8) is 0 Å². The summed E-state index contributed by atoms with van der Waals surface area (Å²) >= 11 is 0. The van der Waals surface area contributed by atoms with Crippen LogP contribution < -0.4 is 0 Å². The summed E-state index contributed by atoms with van der Waals surface area (Å²) in [6.07, 6.45) is 5.65. The molecule has 1 N–H and O–H groups in total. The fourth-order valence-electron chi connectivity index (χ4n) is 4.53. The van der Waals surface area contributed by atoms with Crippen molar-refractivity contribution >= 4 is 60.1 Å². The number of H-pyrrole nitrogens is 1. The first-order valence-electron chi connectivity index (χ1n) is 10.0. The standard InChI is InChI=1S/C28H19NO/c1-3-7-17(4-2)18-10-12-24-22(14-18)23-16-21-19(15-25(23)29-24)11-13-27-28(21)20-8-5-6-9-26(20)30-27/h3-16,29H,1-2H2/b17-7+. The van der Waals surface area contributed by atoms with Crippen molar-refractivity contribution in [1.29, 1.82) is 0 Å². The fourth-order valence-corrected chi connectivity index (χ4v) is 4.53. The minimum Gasteiger partial charge on any atom is -0.456 e. The van der Waals surface area contributed by atoms with Crippen molar-refractivity contribution in [3.05, 3.63) is 104 Å². The number of allylic oxidation sites excluding steroid dienone is 4. The van der Waals surface area contributed by atoms with E-state index in [9.17, 15) is 0 Å². The van der Waals surface area contributed by atoms with Gasteiger partial charge in [0.2, 0.25) is 0 Å². The number of rotatable bonds is 3. The Hall–Kier alpha value is -4.04. The number of aromatic amines is 1. The van der Waals surface area contributed by atoms with Crippen LogP contribution in [-0.4, -0.2) is 4.98 Å². The van der Waals surface area contributed by atoms with Crippen LogP contribution in [0.1, 0.15) is 5.56 Å². The molecule has 0 spiro atoms. The summed E-state index contributed by atoms with van der Waals surface area (Å²) < 4.78 is 6.10. The predicted molar refractivity (Wildman–Crippen MR) is 129 cm³/mol. The number of hydrogen-bond acceptors (Lipinski definition) is 1. The molecule has 0 aliphatic heterocycles. The van der Waals surface area contributed by atoms with Gasteiger partial charge in [0, 0.05) is 32.6 Å². The van der Waals surface area contributed by atoms with Crippen molar-refractivity contribution in [2.75, 3.05) is 0 Å². The van der Waals surface area contributed by atoms with Crippen molar-refractivity contribution in [1.82, 2.24) is 4.98 Å². The third-order valence-electron chi connectivity index (χ3n) is 5.93. The molecule has 0 unspecified atom stereocenters. The van der Waals surface area contributed by atoms with Gasteiger partial charge in [-0.15, -0.1) is 0 Å². The Morgan fingerprint density at radius 2 is 1.63 bits per heavy atom. The van der Waals surface area contributed by atoms with Crippen molar-refractivity contribution in [2.45, 2.75) is 0 Å². The lowest BCUT2D eigenvalue weighted by Gasteiger charge is -2.03. The van der Waals surface area contributed by atoms with Gasteiger partial charge in [-0.2, -0.15) is 0 Å². The monoisotopic (exact) mass is 385 g/mol. The molecule has 6 aromatic rings. The summed E-state index contributed by atoms with van der Waals surface area (Å²) in [5, 5.41) is 7.15. The maximum Gasteiger partial charge on any atom is 0.136 e. The molecule has 4 aromatic carbocycles. The van der Waals surface area contributed by atoms with Crippen LogP contribution in [0.4, 0.5) is 0 Å². The lowest BCUT2D eigenvalue weighted by molar-refractivity contribution is 0.669. The Balaban J connectivity index is 1.73. The lowest BCUT2D eigenvalue weighted by atomic mass is 9.99. The van der Waals surface area contributed by atoms with Crippen molar-refractivity contribution < 1.29 is 4.42 Å². The van der Waals surface area contributed by atoms with Gasteiger partial charge in [-0.05, 0) is 58.3 Å². The van der Waals surface area contributed by atoms with E-state index in [0.29, 0.717) is 0 Å². The van der Waals surface area contributed by atoms with Gasteiger partial charge in [0.05, 0.1) is 0 Å². The Labute approximate surface area is 173 Å². The molecule has 142 valence electrons. The second kappa shape index (κ2) is 6.23. The second-order valence-electron chi connectivity index (χ2n) is 7.60. The number of aromatic nitrogens is 1. The minimum absolute atomic E-state index is 0.923. The zero-order valence-electron chi connectivity index (χ0n) is 16.4. The van der Waals surface area contributed by atoms with Crippen LogP contribution >= 0.6 is 0 Å². The maximum atomic E-state index is 6.10. The minimum atomic E-state index is 0.923. The average molecular weight is 385 g/mol. The van der Waals surface area contributed by atoms with Gasteiger partial charge >= 0.3 is 0 Å². The molecule has 30 heavy (non-hydrogen) atoms. The van der Waals surface area contributed by atoms with E-state index < -0.39 is 0 Å². The van der Waals surface area contributed by atoms with Crippen LogP contribution in [0.15, 0.2) is 103 Å². The van der Waals surface area contributed by atoms with Gasteiger partial charge in [-0.1, -0.05) is 61.7 Å². The van der Waals surface area contributed by atoms with Crippen molar-refractivity contribution in [3.8, 4) is 0 Å². The van der Waals surface area contributed by atoms with Crippen LogP contribution in [-0.2, 0) is 0 Å². The third kappa shape index (κ3) is 2.31. The highest BCUT2D eigenvalue weighted by Crippen LogP contribution is 2.38. The lowest BCUT2D eigenvalue weighted by Crippen LogP contribution is -1.80. The fraction of sp³-hybridized carbons (Fsp3) is 0. The van der Waals surface area contributed by atoms with Crippen LogP contribution in [0, 0.1) is 0 Å². The first kappa shape index (κ1) is 16.9. The van der Waals surface area contributed by atoms with Gasteiger partial charge < -0.3 is 9.40 Å². The average Bonchev–Trinajstić information content (AvgIpc) is 3.33. The molecule has 2 heterocycles. The first-order chi connectivity index (χ1) is 14.8. The molecule has 0 bridgehead atoms. The number of nitrogens with one attached hydrogen (secondary N) is 1. The van der Waals surface area contributed by atoms with Gasteiger partial charge in [-0.25, -0.2) is 0 Å². The van der Waals surface area contributed by atoms with Crippen LogP contribution in [0.5, 0.6) is 0 Å². The molecule has 6 rings (SSSR count). The molecular weight excluding hydrogens is 366 g/mol. The molecule has 0 fully saturated rings. The first-order valence-corrected chi connectivity index (χ1v) is 10.0. The molecule has 0 aliphatic rings. The van der Waals surface area contributed by atoms with Crippen LogP contribution in [0.3, 0.4) is 0 Å². The highest BCUT2D eigenvalue weighted by atomic mass is 16.3. The Kier molecular flexibility index (Phi) is 3.50. The summed E-state index contributed by atoms with van der Waals surface area (Å²) in [5.41, 5.74) is 6.29. The molecule has 2 heteroatoms. The Bertz CT molecular complexity index is 1670. The molecule has 0 amide bonds. The predicted octanol–water partition coefficient (Wildman–Crippen LogP) is 8.13. The molecule has 0 saturated carbocycles. The summed E-state index contributed by atoms with van der Waals surface area (Å²) in [4.78, 5) is 3.58. The maximum absolute atomic E-state index is 6.10. The van der Waals surface area contributed by atoms with E-state index in [1.54, 1.807) is 6.08 Å². The smallest absolute Gasteiger partial charge is 0.136 e. The van der Waals surface area contributed by atoms with E-state index in [0.717, 1.165) is 38.7 Å². The summed E-state index contributed by atoms with van der Waals surface area (Å²) in [7, 11) is 0. The number of hydrogen-bond donors (Lipinski definition) is 1. The largest absolute Gasteiger partial charge is 0.456 e. The quantitative estimate of drug-likeness (QED) is 0.306. The topological polar surface area (TPSA) is 28.9 Å². The van der Waals surface area contributed by atoms with E-state index >= 15 is 0 Å². The van der Waals surface area contributed by atoms with Gasteiger partial charge in [0.15, 0.2) is 0 Å². The van der Waals surface area contributed by atoms with E-state index in [-0.39, 0.29) is 0 Å². The van der Waals surface area contributed by atoms with Crippen LogP contribution in [0.2, 0.25) is 0 Å². The number of fused-ring (bicyclic) bond motifs is 8. The summed E-state index contributed by atoms with van der Waals surface area (Å²) in [6.45, 7) is 7.77. The number of furan rings is 1. The van der Waals surface area contributed by atoms with Gasteiger partial charge in [0.1, 0.15) is 11.2 Å². The second-order valence-corrected chi connectivity index (χ2v) is 7.60. The van der Waals surface area contributed by atoms with Crippen LogP contribution in [0.25, 0.3) is 60.1 Å². The van der Waals surface area contributed by atoms with E-state index in [2.05, 4.69) is 72.7 Å². The highest BCUT2D eigenvalue weighted by molar-refractivity contribution is 6.23. The molecule has 0 aliphatic carbocycles. The van der Waals surface area contributed by atoms with E-state index in [1.165, 1.54) is 26.9 Å². The van der Waals surface area contributed by atoms with E-state index in [1.807, 2.05) is 24.3 Å². The SMILES string of the molecule is C=C/C=C(\C=C)c1ccc2[nH]c3cc4ccc5oc6ccccc6c5c4cc3c2c1. The molecule has 0 radical (unpaired) electrons. The third-order valence-corrected chi connectivity index (χ3v) is 5.93. The summed E-state index contributed by atoms with van der Waals surface area (Å²) in [5.74, 6) is 0. The van der Waals surface area contributed by atoms with Gasteiger partial charge in [-0.3, -0.25) is 0 Å². The Morgan fingerprint density at radius 3 is 2.50 bits per heavy atom. The highest BCUT2D eigenvalue weighted by Gasteiger charge is 2.13. The zero-order chi connectivity index (χ0) is 20.2. The van der Waals surface area contributed by atoms with Gasteiger partial charge in [0.25, 0.3) is 0 Å². The molecule has 2 aromatic heterocycles.